The Bertz CT molecular complexity index is 557. The minimum atomic E-state index is -1.09. The van der Waals surface area contributed by atoms with Crippen molar-refractivity contribution in [3.63, 3.8) is 0 Å². The number of amides is 3. The lowest BCUT2D eigenvalue weighted by atomic mass is 10.1. The predicted molar refractivity (Wildman–Crippen MR) is 79.1 cm³/mol. The molecule has 7 heteroatoms. The molecule has 120 valence electrons. The molecule has 0 saturated heterocycles. The number of hydrogen-bond acceptors (Lipinski definition) is 5. The molecule has 22 heavy (non-hydrogen) atoms. The number of ether oxygens (including phenoxy) is 2. The van der Waals surface area contributed by atoms with Gasteiger partial charge in [0.25, 0.3) is 5.91 Å². The quantitative estimate of drug-likeness (QED) is 0.762. The zero-order chi connectivity index (χ0) is 16.7. The molecule has 0 fully saturated rings. The van der Waals surface area contributed by atoms with Crippen LogP contribution in [0.2, 0.25) is 0 Å². The Hall–Kier alpha value is -2.57. The first kappa shape index (κ1) is 17.5. The van der Waals surface area contributed by atoms with Gasteiger partial charge in [-0.05, 0) is 12.0 Å². The molecule has 3 amide bonds. The van der Waals surface area contributed by atoms with Crippen molar-refractivity contribution in [1.29, 1.82) is 0 Å². The average molecular weight is 308 g/mol. The standard InChI is InChI=1S/C15H20N2O5/c1-9(2)13(14(19)17-15(16)20)22-12(18)8-10-6-4-5-7-11(10)21-3/h4-7,9,13H,8H2,1-3H3,(H3,16,17,19,20)/t13-/m0/s1. The van der Waals surface area contributed by atoms with Gasteiger partial charge in [0.1, 0.15) is 5.75 Å². The maximum atomic E-state index is 12.0. The highest BCUT2D eigenvalue weighted by molar-refractivity contribution is 5.96. The largest absolute Gasteiger partial charge is 0.496 e. The summed E-state index contributed by atoms with van der Waals surface area (Å²) in [5.41, 5.74) is 5.54. The summed E-state index contributed by atoms with van der Waals surface area (Å²) in [5.74, 6) is -1.08. The number of nitrogens with two attached hydrogens (primary N) is 1. The van der Waals surface area contributed by atoms with E-state index in [1.54, 1.807) is 38.1 Å². The molecular weight excluding hydrogens is 288 g/mol. The number of esters is 1. The van der Waals surface area contributed by atoms with E-state index in [1.165, 1.54) is 7.11 Å². The van der Waals surface area contributed by atoms with E-state index >= 15 is 0 Å². The zero-order valence-electron chi connectivity index (χ0n) is 12.8. The minimum absolute atomic E-state index is 0.0446. The number of para-hydroxylation sites is 1. The molecule has 0 aromatic heterocycles. The first-order valence-corrected chi connectivity index (χ1v) is 6.76. The summed E-state index contributed by atoms with van der Waals surface area (Å²) in [6.07, 6.45) is -1.13. The summed E-state index contributed by atoms with van der Waals surface area (Å²) in [5, 5.41) is 1.91. The highest BCUT2D eigenvalue weighted by Gasteiger charge is 2.27. The van der Waals surface area contributed by atoms with E-state index in [0.717, 1.165) is 0 Å². The maximum absolute atomic E-state index is 12.0. The fourth-order valence-electron chi connectivity index (χ4n) is 1.87. The molecule has 0 aliphatic heterocycles. The Morgan fingerprint density at radius 1 is 1.23 bits per heavy atom. The number of carbonyl (C=O) groups is 3. The van der Waals surface area contributed by atoms with Crippen LogP contribution in [0.25, 0.3) is 0 Å². The summed E-state index contributed by atoms with van der Waals surface area (Å²) < 4.78 is 10.3. The van der Waals surface area contributed by atoms with Crippen molar-refractivity contribution in [2.75, 3.05) is 7.11 Å². The van der Waals surface area contributed by atoms with Crippen LogP contribution in [-0.4, -0.2) is 31.1 Å². The number of methoxy groups -OCH3 is 1. The summed E-state index contributed by atoms with van der Waals surface area (Å²) in [6, 6.07) is 6.02. The third kappa shape index (κ3) is 5.08. The van der Waals surface area contributed by atoms with E-state index in [4.69, 9.17) is 15.2 Å². The van der Waals surface area contributed by atoms with Gasteiger partial charge in [0, 0.05) is 5.56 Å². The number of primary amides is 1. The van der Waals surface area contributed by atoms with Crippen molar-refractivity contribution >= 4 is 17.9 Å². The van der Waals surface area contributed by atoms with E-state index in [2.05, 4.69) is 0 Å². The fourth-order valence-corrected chi connectivity index (χ4v) is 1.87. The molecule has 1 aromatic rings. The summed E-state index contributed by atoms with van der Waals surface area (Å²) >= 11 is 0. The lowest BCUT2D eigenvalue weighted by molar-refractivity contribution is -0.157. The molecule has 0 aliphatic carbocycles. The highest BCUT2D eigenvalue weighted by atomic mass is 16.5. The Balaban J connectivity index is 2.75. The molecule has 0 saturated carbocycles. The van der Waals surface area contributed by atoms with E-state index in [0.29, 0.717) is 11.3 Å². The maximum Gasteiger partial charge on any atom is 0.318 e. The lowest BCUT2D eigenvalue weighted by Gasteiger charge is -2.20. The van der Waals surface area contributed by atoms with Crippen molar-refractivity contribution < 1.29 is 23.9 Å². The molecule has 1 rings (SSSR count). The van der Waals surface area contributed by atoms with E-state index in [1.807, 2.05) is 5.32 Å². The van der Waals surface area contributed by atoms with Gasteiger partial charge in [-0.15, -0.1) is 0 Å². The molecule has 0 bridgehead atoms. The Kier molecular flexibility index (Phi) is 6.37. The van der Waals surface area contributed by atoms with Crippen LogP contribution in [0.15, 0.2) is 24.3 Å². The number of hydrogen-bond donors (Lipinski definition) is 2. The normalized spacial score (nSPS) is 11.6. The monoisotopic (exact) mass is 308 g/mol. The van der Waals surface area contributed by atoms with Gasteiger partial charge in [-0.25, -0.2) is 4.79 Å². The van der Waals surface area contributed by atoms with Crippen LogP contribution in [-0.2, 0) is 20.7 Å². The topological polar surface area (TPSA) is 108 Å². The van der Waals surface area contributed by atoms with Crippen molar-refractivity contribution in [3.05, 3.63) is 29.8 Å². The molecule has 0 heterocycles. The molecule has 0 radical (unpaired) electrons. The Morgan fingerprint density at radius 3 is 2.41 bits per heavy atom. The smallest absolute Gasteiger partial charge is 0.318 e. The van der Waals surface area contributed by atoms with Crippen molar-refractivity contribution in [3.8, 4) is 5.75 Å². The fraction of sp³-hybridized carbons (Fsp3) is 0.400. The van der Waals surface area contributed by atoms with Crippen LogP contribution in [0.1, 0.15) is 19.4 Å². The van der Waals surface area contributed by atoms with Crippen LogP contribution in [0, 0.1) is 5.92 Å². The van der Waals surface area contributed by atoms with Crippen molar-refractivity contribution in [1.82, 2.24) is 5.32 Å². The average Bonchev–Trinajstić information content (AvgIpc) is 2.44. The van der Waals surface area contributed by atoms with Crippen LogP contribution in [0.3, 0.4) is 0 Å². The Morgan fingerprint density at radius 2 is 1.86 bits per heavy atom. The van der Waals surface area contributed by atoms with Crippen LogP contribution < -0.4 is 15.8 Å². The predicted octanol–water partition coefficient (Wildman–Crippen LogP) is 1.00. The van der Waals surface area contributed by atoms with Gasteiger partial charge in [0.05, 0.1) is 13.5 Å². The minimum Gasteiger partial charge on any atom is -0.496 e. The number of benzene rings is 1. The molecule has 0 spiro atoms. The van der Waals surface area contributed by atoms with Crippen LogP contribution >= 0.6 is 0 Å². The van der Waals surface area contributed by atoms with E-state index < -0.39 is 24.0 Å². The first-order chi connectivity index (χ1) is 10.3. The van der Waals surface area contributed by atoms with Crippen LogP contribution in [0.4, 0.5) is 4.79 Å². The summed E-state index contributed by atoms with van der Waals surface area (Å²) in [4.78, 5) is 34.5. The lowest BCUT2D eigenvalue weighted by Crippen LogP contribution is -2.45. The van der Waals surface area contributed by atoms with Gasteiger partial charge in [0.2, 0.25) is 0 Å². The van der Waals surface area contributed by atoms with E-state index in [9.17, 15) is 14.4 Å². The third-order valence-electron chi connectivity index (χ3n) is 2.90. The number of carbonyl (C=O) groups excluding carboxylic acids is 3. The molecule has 7 nitrogen and oxygen atoms in total. The van der Waals surface area contributed by atoms with Gasteiger partial charge < -0.3 is 15.2 Å². The van der Waals surface area contributed by atoms with E-state index in [-0.39, 0.29) is 12.3 Å². The second kappa shape index (κ2) is 8.02. The number of urea groups is 1. The van der Waals surface area contributed by atoms with Gasteiger partial charge in [0.15, 0.2) is 6.10 Å². The summed E-state index contributed by atoms with van der Waals surface area (Å²) in [6.45, 7) is 3.39. The molecule has 1 atom stereocenters. The number of rotatable bonds is 6. The number of nitrogens with one attached hydrogen (secondary N) is 1. The molecule has 0 unspecified atom stereocenters. The molecular formula is C15H20N2O5. The van der Waals surface area contributed by atoms with Crippen molar-refractivity contribution in [2.24, 2.45) is 11.7 Å². The first-order valence-electron chi connectivity index (χ1n) is 6.76. The summed E-state index contributed by atoms with van der Waals surface area (Å²) in [7, 11) is 1.50. The SMILES string of the molecule is COc1ccccc1CC(=O)O[C@H](C(=O)NC(N)=O)C(C)C. The molecule has 1 aromatic carbocycles. The van der Waals surface area contributed by atoms with Gasteiger partial charge in [-0.2, -0.15) is 0 Å². The van der Waals surface area contributed by atoms with Crippen molar-refractivity contribution in [2.45, 2.75) is 26.4 Å². The number of imide groups is 1. The van der Waals surface area contributed by atoms with Gasteiger partial charge in [-0.3, -0.25) is 14.9 Å². The Labute approximate surface area is 128 Å². The molecule has 0 aliphatic rings. The van der Waals surface area contributed by atoms with Crippen LogP contribution in [0.5, 0.6) is 5.75 Å². The second-order valence-electron chi connectivity index (χ2n) is 5.00. The van der Waals surface area contributed by atoms with Gasteiger partial charge in [-0.1, -0.05) is 32.0 Å². The second-order valence-corrected chi connectivity index (χ2v) is 5.00. The van der Waals surface area contributed by atoms with Gasteiger partial charge >= 0.3 is 12.0 Å². The third-order valence-corrected chi connectivity index (χ3v) is 2.90. The molecule has 3 N–H and O–H groups in total. The highest BCUT2D eigenvalue weighted by Crippen LogP contribution is 2.19. The zero-order valence-corrected chi connectivity index (χ0v) is 12.8.